The predicted octanol–water partition coefficient (Wildman–Crippen LogP) is 11.0. The summed E-state index contributed by atoms with van der Waals surface area (Å²) in [5.74, 6) is -6.13. The molecule has 3 aliphatic heterocycles. The summed E-state index contributed by atoms with van der Waals surface area (Å²) in [5.41, 5.74) is 0. The SMILES string of the molecule is CCCCCCCCCCCCCCCCCCCC/C=C/C(O)C(COC1OC(CO)C(OC2OC(CO)C(O)C(OC3(C(=O)O)CC(O)C(NC(C)=O)C(C(O)C(O)CO)O3)C2O)C(O)C1O)NC(=O)CCCCCCCCCCCCCCCCCCCCCCCCCCCCCC. The fourth-order valence-corrected chi connectivity index (χ4v) is 14.5. The summed E-state index contributed by atoms with van der Waals surface area (Å²) in [5, 5.41) is 136. The molecule has 23 nitrogen and oxygen atoms in total. The number of amides is 2. The molecule has 3 fully saturated rings. The Morgan fingerprint density at radius 3 is 1.30 bits per heavy atom. The van der Waals surface area contributed by atoms with E-state index in [1.54, 1.807) is 6.08 Å². The van der Waals surface area contributed by atoms with Crippen LogP contribution in [0.25, 0.3) is 0 Å². The molecule has 0 radical (unpaired) electrons. The smallest absolute Gasteiger partial charge is 0.364 e. The van der Waals surface area contributed by atoms with Crippen molar-refractivity contribution in [2.24, 2.45) is 0 Å². The number of rotatable bonds is 65. The number of aliphatic hydroxyl groups excluding tert-OH is 11. The van der Waals surface area contributed by atoms with Crippen molar-refractivity contribution in [3.63, 3.8) is 0 Å². The molecule has 0 spiro atoms. The third kappa shape index (κ3) is 38.5. The van der Waals surface area contributed by atoms with Crippen molar-refractivity contribution in [2.45, 2.75) is 445 Å². The van der Waals surface area contributed by atoms with Gasteiger partial charge in [0, 0.05) is 19.8 Å². The van der Waals surface area contributed by atoms with E-state index < -0.39 is 155 Å². The molecule has 0 aromatic carbocycles. The number of carboxylic acids is 1. The predicted molar refractivity (Wildman–Crippen MR) is 394 cm³/mol. The Bertz CT molecular complexity index is 2080. The van der Waals surface area contributed by atoms with Gasteiger partial charge in [-0.15, -0.1) is 0 Å². The molecule has 3 aliphatic rings. The van der Waals surface area contributed by atoms with Gasteiger partial charge in [0.25, 0.3) is 5.79 Å². The van der Waals surface area contributed by atoms with Crippen molar-refractivity contribution in [2.75, 3.05) is 26.4 Å². The van der Waals surface area contributed by atoms with E-state index in [9.17, 15) is 75.7 Å². The maximum absolute atomic E-state index is 13.5. The first-order valence-corrected chi connectivity index (χ1v) is 41.1. The van der Waals surface area contributed by atoms with Gasteiger partial charge >= 0.3 is 5.97 Å². The largest absolute Gasteiger partial charge is 0.477 e. The quantitative estimate of drug-likeness (QED) is 0.0199. The van der Waals surface area contributed by atoms with Crippen molar-refractivity contribution in [3.05, 3.63) is 12.2 Å². The van der Waals surface area contributed by atoms with E-state index in [2.05, 4.69) is 24.5 Å². The van der Waals surface area contributed by atoms with E-state index >= 15 is 0 Å². The van der Waals surface area contributed by atoms with E-state index in [1.165, 1.54) is 244 Å². The highest BCUT2D eigenvalue weighted by molar-refractivity contribution is 5.77. The lowest BCUT2D eigenvalue weighted by Gasteiger charge is -2.50. The van der Waals surface area contributed by atoms with Crippen molar-refractivity contribution in [3.8, 4) is 0 Å². The second-order valence-electron chi connectivity index (χ2n) is 30.0. The molecule has 0 saturated carbocycles. The summed E-state index contributed by atoms with van der Waals surface area (Å²) in [6, 6.07) is -2.62. The molecule has 18 unspecified atom stereocenters. The Morgan fingerprint density at radius 1 is 0.510 bits per heavy atom. The highest BCUT2D eigenvalue weighted by atomic mass is 16.8. The first kappa shape index (κ1) is 93.7. The van der Waals surface area contributed by atoms with Gasteiger partial charge in [0.05, 0.1) is 50.7 Å². The molecular weight excluding hydrogens is 1310 g/mol. The number of ether oxygens (including phenoxy) is 6. The molecule has 600 valence electrons. The van der Waals surface area contributed by atoms with E-state index in [4.69, 9.17) is 28.4 Å². The first-order valence-electron chi connectivity index (χ1n) is 41.1. The normalized spacial score (nSPS) is 26.7. The topological polar surface area (TPSA) is 373 Å². The number of hydrogen-bond acceptors (Lipinski definition) is 20. The lowest BCUT2D eigenvalue weighted by Crippen LogP contribution is -2.70. The number of carboxylic acid groups (broad SMARTS) is 1. The zero-order valence-corrected chi connectivity index (χ0v) is 63.5. The van der Waals surface area contributed by atoms with E-state index in [-0.39, 0.29) is 12.3 Å². The van der Waals surface area contributed by atoms with Gasteiger partial charge in [0.2, 0.25) is 11.8 Å². The van der Waals surface area contributed by atoms with Crippen LogP contribution in [-0.4, -0.2) is 215 Å². The van der Waals surface area contributed by atoms with Crippen LogP contribution in [0.4, 0.5) is 0 Å². The second-order valence-corrected chi connectivity index (χ2v) is 30.0. The molecule has 3 rings (SSSR count). The number of nitrogens with one attached hydrogen (secondary N) is 2. The van der Waals surface area contributed by atoms with Crippen LogP contribution in [0, 0.1) is 0 Å². The van der Waals surface area contributed by atoms with Gasteiger partial charge in [0.15, 0.2) is 12.6 Å². The Balaban J connectivity index is 1.50. The van der Waals surface area contributed by atoms with Gasteiger partial charge in [-0.25, -0.2) is 4.79 Å². The number of hydrogen-bond donors (Lipinski definition) is 14. The number of allylic oxidation sites excluding steroid dienone is 1. The van der Waals surface area contributed by atoms with Crippen molar-refractivity contribution in [1.29, 1.82) is 0 Å². The fourth-order valence-electron chi connectivity index (χ4n) is 14.5. The summed E-state index contributed by atoms with van der Waals surface area (Å²) < 4.78 is 34.9. The van der Waals surface area contributed by atoms with E-state index in [0.717, 1.165) is 51.9 Å². The molecule has 2 amide bonds. The molecule has 102 heavy (non-hydrogen) atoms. The average Bonchev–Trinajstić information content (AvgIpc) is 0.755. The molecule has 14 N–H and O–H groups in total. The summed E-state index contributed by atoms with van der Waals surface area (Å²) in [4.78, 5) is 38.7. The minimum Gasteiger partial charge on any atom is -0.477 e. The Labute approximate surface area is 613 Å². The maximum Gasteiger partial charge on any atom is 0.364 e. The average molecular weight is 1460 g/mol. The molecule has 18 atom stereocenters. The number of carbonyl (C=O) groups is 3. The van der Waals surface area contributed by atoms with E-state index in [1.807, 2.05) is 6.08 Å². The van der Waals surface area contributed by atoms with Gasteiger partial charge < -0.3 is 100 Å². The van der Waals surface area contributed by atoms with Gasteiger partial charge in [-0.05, 0) is 19.3 Å². The zero-order chi connectivity index (χ0) is 74.6. The Morgan fingerprint density at radius 2 is 0.912 bits per heavy atom. The lowest BCUT2D eigenvalue weighted by molar-refractivity contribution is -0.386. The highest BCUT2D eigenvalue weighted by Gasteiger charge is 2.60. The lowest BCUT2D eigenvalue weighted by atomic mass is 9.88. The number of carbonyl (C=O) groups excluding carboxylic acids is 2. The van der Waals surface area contributed by atoms with Crippen LogP contribution < -0.4 is 10.6 Å². The molecule has 0 bridgehead atoms. The van der Waals surface area contributed by atoms with Crippen LogP contribution in [0.2, 0.25) is 0 Å². The third-order valence-electron chi connectivity index (χ3n) is 21.0. The monoisotopic (exact) mass is 1460 g/mol. The number of aliphatic hydroxyl groups is 11. The minimum absolute atomic E-state index is 0.206. The van der Waals surface area contributed by atoms with Gasteiger partial charge in [-0.2, -0.15) is 0 Å². The third-order valence-corrected chi connectivity index (χ3v) is 21.0. The van der Waals surface area contributed by atoms with Crippen LogP contribution in [0.15, 0.2) is 12.2 Å². The minimum atomic E-state index is -3.08. The van der Waals surface area contributed by atoms with Gasteiger partial charge in [-0.1, -0.05) is 309 Å². The fraction of sp³-hybridized carbons (Fsp3) is 0.937. The van der Waals surface area contributed by atoms with Gasteiger partial charge in [-0.3, -0.25) is 9.59 Å². The molecule has 0 aromatic rings. The molecule has 0 aliphatic carbocycles. The van der Waals surface area contributed by atoms with Crippen molar-refractivity contribution in [1.82, 2.24) is 10.6 Å². The van der Waals surface area contributed by atoms with Crippen molar-refractivity contribution >= 4 is 17.8 Å². The second kappa shape index (κ2) is 58.5. The standard InChI is InChI=1S/C79H148N2O21/c1-4-6-8-10-12-14-16-18-20-22-24-26-27-28-29-30-31-32-33-35-37-39-41-43-45-47-49-51-53-66(89)81-60(61(86)52-50-48-46-44-42-40-38-36-34-25-23-21-19-17-15-13-11-9-7-5-2)58-97-76-71(93)70(92)73(65(57-84)99-76)100-77-72(94)75(69(91)64(56-83)98-77)102-79(78(95)96)54-62(87)67(80-59(3)85)74(101-79)68(90)63(88)55-82/h50,52,60-65,67-77,82-84,86-88,90-94H,4-49,51,53-58H2,1-3H3,(H,80,85)(H,81,89)(H,95,96)/b52-50+. The van der Waals surface area contributed by atoms with Crippen molar-refractivity contribution < 1.29 is 104 Å². The van der Waals surface area contributed by atoms with Crippen LogP contribution in [-0.2, 0) is 42.8 Å². The summed E-state index contributed by atoms with van der Waals surface area (Å²) >= 11 is 0. The maximum atomic E-state index is 13.5. The number of unbranched alkanes of at least 4 members (excludes halogenated alkanes) is 45. The molecular formula is C79H148N2O21. The molecule has 0 aromatic heterocycles. The van der Waals surface area contributed by atoms with Crippen LogP contribution in [0.3, 0.4) is 0 Å². The molecule has 3 saturated heterocycles. The van der Waals surface area contributed by atoms with Crippen LogP contribution >= 0.6 is 0 Å². The summed E-state index contributed by atoms with van der Waals surface area (Å²) in [6.45, 7) is 2.20. The Hall–Kier alpha value is -2.53. The number of aliphatic carboxylic acids is 1. The zero-order valence-electron chi connectivity index (χ0n) is 63.5. The highest BCUT2D eigenvalue weighted by Crippen LogP contribution is 2.39. The van der Waals surface area contributed by atoms with E-state index in [0.29, 0.717) is 12.8 Å². The van der Waals surface area contributed by atoms with Gasteiger partial charge in [0.1, 0.15) is 67.1 Å². The van der Waals surface area contributed by atoms with Crippen LogP contribution in [0.1, 0.15) is 335 Å². The van der Waals surface area contributed by atoms with Crippen LogP contribution in [0.5, 0.6) is 0 Å². The Kier molecular flexibility index (Phi) is 53.7. The molecule has 3 heterocycles. The summed E-state index contributed by atoms with van der Waals surface area (Å²) in [7, 11) is 0. The molecule has 23 heteroatoms. The summed E-state index contributed by atoms with van der Waals surface area (Å²) in [6.07, 6.45) is 33.9. The first-order chi connectivity index (χ1) is 49.4.